The molecule has 0 unspecified atom stereocenters. The molecule has 20 nitrogen and oxygen atoms in total. The lowest BCUT2D eigenvalue weighted by molar-refractivity contribution is -0.437. The van der Waals surface area contributed by atoms with E-state index in [4.69, 9.17) is 10.1 Å². The fourth-order valence-electron chi connectivity index (χ4n) is 8.81. The SMILES string of the molecule is CC1(C)C(/C=C/C2=C(NCCC(=O)ON3C(=O)CCC3=O)C(=C/C=C3\N(CCCS(=O)(=O)O)c4ccc(S(=O)(=O)O)cc4C3(C)C)/CCC2)=[N+](CCCS(=O)(=O)O)c2ccc(SOOO)cc21. The molecule has 1 aliphatic carbocycles. The van der Waals surface area contributed by atoms with E-state index in [9.17, 15) is 53.3 Å². The van der Waals surface area contributed by atoms with Crippen LogP contribution in [-0.2, 0) is 69.8 Å². The number of carbonyl (C=O) groups excluding carboxylic acids is 3. The van der Waals surface area contributed by atoms with Gasteiger partial charge in [0, 0.05) is 77.4 Å². The maximum atomic E-state index is 12.9. The zero-order chi connectivity index (χ0) is 49.1. The van der Waals surface area contributed by atoms with Crippen LogP contribution in [-0.4, -0.2) is 108 Å². The normalized spacial score (nSPS) is 19.6. The van der Waals surface area contributed by atoms with Gasteiger partial charge < -0.3 is 15.1 Å². The highest BCUT2D eigenvalue weighted by Crippen LogP contribution is 2.49. The van der Waals surface area contributed by atoms with E-state index < -0.39 is 70.5 Å². The average Bonchev–Trinajstić information content (AvgIpc) is 3.74. The Balaban J connectivity index is 1.42. The van der Waals surface area contributed by atoms with Crippen molar-refractivity contribution in [2.75, 3.05) is 36.0 Å². The monoisotopic (exact) mass is 1010 g/mol. The van der Waals surface area contributed by atoms with Crippen molar-refractivity contribution in [3.8, 4) is 0 Å². The van der Waals surface area contributed by atoms with Crippen LogP contribution in [0.1, 0.15) is 90.2 Å². The number of hydrogen-bond acceptors (Lipinski definition) is 16. The smallest absolute Gasteiger partial charge is 0.334 e. The minimum Gasteiger partial charge on any atom is -0.384 e. The number of nitrogens with zero attached hydrogens (tertiary/aromatic N) is 3. The second-order valence-corrected chi connectivity index (χ2v) is 22.7. The summed E-state index contributed by atoms with van der Waals surface area (Å²) in [6.45, 7) is 8.04. The van der Waals surface area contributed by atoms with Crippen molar-refractivity contribution in [1.82, 2.24) is 10.4 Å². The third-order valence-corrected chi connectivity index (χ3v) is 15.0. The second kappa shape index (κ2) is 20.5. The first-order chi connectivity index (χ1) is 31.3. The van der Waals surface area contributed by atoms with Gasteiger partial charge in [-0.25, -0.2) is 10.1 Å². The lowest BCUT2D eigenvalue weighted by Crippen LogP contribution is -2.33. The summed E-state index contributed by atoms with van der Waals surface area (Å²) in [5, 5.41) is 16.4. The topological polar surface area (TPSA) is 284 Å². The molecule has 2 aromatic carbocycles. The molecule has 67 heavy (non-hydrogen) atoms. The molecule has 3 heterocycles. The van der Waals surface area contributed by atoms with Gasteiger partial charge in [0.1, 0.15) is 6.54 Å². The predicted molar refractivity (Wildman–Crippen MR) is 245 cm³/mol. The van der Waals surface area contributed by atoms with Gasteiger partial charge in [-0.3, -0.25) is 23.2 Å². The van der Waals surface area contributed by atoms with Crippen LogP contribution in [0.5, 0.6) is 0 Å². The molecule has 0 radical (unpaired) electrons. The molecule has 4 aliphatic rings. The summed E-state index contributed by atoms with van der Waals surface area (Å²) >= 11 is 0.785. The summed E-state index contributed by atoms with van der Waals surface area (Å²) in [5.41, 5.74) is 4.86. The van der Waals surface area contributed by atoms with Crippen molar-refractivity contribution in [1.29, 1.82) is 0 Å². The van der Waals surface area contributed by atoms with Gasteiger partial charge in [0.05, 0.1) is 40.3 Å². The van der Waals surface area contributed by atoms with Gasteiger partial charge >= 0.3 is 5.97 Å². The molecule has 0 atom stereocenters. The van der Waals surface area contributed by atoms with Crippen LogP contribution in [0.4, 0.5) is 11.4 Å². The average molecular weight is 1010 g/mol. The number of fused-ring (bicyclic) bond motifs is 2. The molecule has 6 rings (SSSR count). The molecule has 0 bridgehead atoms. The highest BCUT2D eigenvalue weighted by molar-refractivity contribution is 7.94. The first-order valence-electron chi connectivity index (χ1n) is 21.2. The molecule has 0 spiro atoms. The van der Waals surface area contributed by atoms with E-state index in [2.05, 4.69) is 14.7 Å². The first kappa shape index (κ1) is 51.6. The number of imide groups is 1. The van der Waals surface area contributed by atoms with Gasteiger partial charge in [-0.15, -0.1) is 9.40 Å². The van der Waals surface area contributed by atoms with Crippen LogP contribution in [0.3, 0.4) is 0 Å². The molecule has 5 N–H and O–H groups in total. The molecule has 2 amide bonds. The Kier molecular flexibility index (Phi) is 15.8. The van der Waals surface area contributed by atoms with Gasteiger partial charge in [-0.1, -0.05) is 31.0 Å². The maximum Gasteiger partial charge on any atom is 0.334 e. The van der Waals surface area contributed by atoms with E-state index in [-0.39, 0.29) is 56.6 Å². The lowest BCUT2D eigenvalue weighted by Gasteiger charge is -2.28. The number of hydrogen-bond donors (Lipinski definition) is 5. The number of carbonyl (C=O) groups is 3. The molecule has 0 saturated carbocycles. The number of allylic oxidation sites excluding steroid dienone is 7. The Morgan fingerprint density at radius 3 is 2.19 bits per heavy atom. The number of nitrogens with one attached hydrogen (secondary N) is 1. The largest absolute Gasteiger partial charge is 0.384 e. The third-order valence-electron chi connectivity index (χ3n) is 12.0. The fraction of sp³-hybridized carbons (Fsp3) is 0.442. The minimum absolute atomic E-state index is 0.0159. The summed E-state index contributed by atoms with van der Waals surface area (Å²) in [4.78, 5) is 44.4. The first-order valence-corrected chi connectivity index (χ1v) is 26.6. The standard InChI is InChI=1S/C43H52N4O16S4/c1-42(2)32-26-30(64-63-62-51)12-14-34(32)45(22-6-24-65(52,53)54)36(42)16-10-28-8-5-9-29(41(28)44-21-20-40(50)61-47-38(48)18-19-39(47)49)11-17-37-43(3,4)33-27-31(67(58,59)60)13-15-35(33)46(37)23-7-25-66(55,56)57/h10-17,26-27H,5-9,18-25H2,1-4H3,(H4,51,52,53,54,55,56,57,58,59,60)/p+1/b29-11+,37-17-. The minimum atomic E-state index is -4.58. The fourth-order valence-corrected chi connectivity index (χ4v) is 10.7. The zero-order valence-corrected chi connectivity index (χ0v) is 40.4. The molecule has 1 fully saturated rings. The Labute approximate surface area is 393 Å². The van der Waals surface area contributed by atoms with Crippen molar-refractivity contribution < 1.29 is 77.3 Å². The Morgan fingerprint density at radius 1 is 0.851 bits per heavy atom. The molecule has 2 aromatic rings. The summed E-state index contributed by atoms with van der Waals surface area (Å²) in [6, 6.07) is 9.59. The van der Waals surface area contributed by atoms with Crippen LogP contribution < -0.4 is 10.2 Å². The van der Waals surface area contributed by atoms with Crippen LogP contribution in [0.15, 0.2) is 93.0 Å². The van der Waals surface area contributed by atoms with Crippen molar-refractivity contribution in [2.24, 2.45) is 0 Å². The van der Waals surface area contributed by atoms with E-state index >= 15 is 0 Å². The summed E-state index contributed by atoms with van der Waals surface area (Å²) in [6.07, 6.45) is 9.08. The summed E-state index contributed by atoms with van der Waals surface area (Å²) < 4.78 is 107. The Hall–Kier alpha value is -4.76. The van der Waals surface area contributed by atoms with Gasteiger partial charge in [0.15, 0.2) is 5.71 Å². The molecule has 1 saturated heterocycles. The van der Waals surface area contributed by atoms with Gasteiger partial charge in [0.2, 0.25) is 5.69 Å². The summed E-state index contributed by atoms with van der Waals surface area (Å²) in [5.74, 6) is -3.05. The van der Waals surface area contributed by atoms with Crippen molar-refractivity contribution in [2.45, 2.75) is 99.7 Å². The van der Waals surface area contributed by atoms with Crippen molar-refractivity contribution in [3.05, 3.63) is 94.4 Å². The Bertz CT molecular complexity index is 2810. The van der Waals surface area contributed by atoms with Gasteiger partial charge in [-0.05, 0) is 92.6 Å². The van der Waals surface area contributed by atoms with Crippen LogP contribution in [0, 0.1) is 0 Å². The highest BCUT2D eigenvalue weighted by atomic mass is 32.2. The van der Waals surface area contributed by atoms with Crippen molar-refractivity contribution >= 4 is 77.3 Å². The van der Waals surface area contributed by atoms with Gasteiger partial charge in [0.25, 0.3) is 42.2 Å². The summed E-state index contributed by atoms with van der Waals surface area (Å²) in [7, 11) is -13.1. The molecule has 364 valence electrons. The molecular formula is C43H53N4O16S4+. The van der Waals surface area contributed by atoms with E-state index in [1.165, 1.54) is 18.2 Å². The number of benzene rings is 2. The lowest BCUT2D eigenvalue weighted by atomic mass is 9.81. The van der Waals surface area contributed by atoms with E-state index in [1.54, 1.807) is 6.07 Å². The third kappa shape index (κ3) is 12.3. The number of anilines is 1. The predicted octanol–water partition coefficient (Wildman–Crippen LogP) is 5.48. The van der Waals surface area contributed by atoms with E-state index in [0.29, 0.717) is 51.9 Å². The number of amides is 2. The Morgan fingerprint density at radius 2 is 1.54 bits per heavy atom. The quantitative estimate of drug-likeness (QED) is 0.0274. The van der Waals surface area contributed by atoms with Gasteiger partial charge in [-0.2, -0.15) is 29.8 Å². The van der Waals surface area contributed by atoms with E-state index in [0.717, 1.165) is 40.2 Å². The van der Waals surface area contributed by atoms with Crippen LogP contribution in [0.25, 0.3) is 0 Å². The van der Waals surface area contributed by atoms with Crippen molar-refractivity contribution in [3.63, 3.8) is 0 Å². The number of hydroxylamine groups is 2. The molecule has 24 heteroatoms. The molecular weight excluding hydrogens is 957 g/mol. The van der Waals surface area contributed by atoms with E-state index in [1.807, 2.05) is 73.6 Å². The highest BCUT2D eigenvalue weighted by Gasteiger charge is 2.45. The molecule has 3 aliphatic heterocycles. The molecule has 0 aromatic heterocycles. The van der Waals surface area contributed by atoms with Crippen LogP contribution in [0.2, 0.25) is 0 Å². The second-order valence-electron chi connectivity index (χ2n) is 17.3. The zero-order valence-electron chi connectivity index (χ0n) is 37.1. The number of rotatable bonds is 20. The van der Waals surface area contributed by atoms with Crippen LogP contribution >= 0.6 is 12.0 Å². The maximum absolute atomic E-state index is 12.9.